The first-order valence-corrected chi connectivity index (χ1v) is 22.9. The zero-order chi connectivity index (χ0) is 44.9. The highest BCUT2D eigenvalue weighted by Gasteiger charge is 2.44. The van der Waals surface area contributed by atoms with E-state index < -0.39 is 29.7 Å². The number of carbonyl (C=O) groups excluding carboxylic acids is 5. The van der Waals surface area contributed by atoms with E-state index in [0.29, 0.717) is 19.6 Å². The first-order valence-electron chi connectivity index (χ1n) is 22.9. The van der Waals surface area contributed by atoms with Crippen LogP contribution in [0.3, 0.4) is 0 Å². The minimum Gasteiger partial charge on any atom is -0.385 e. The first-order chi connectivity index (χ1) is 31.7. The van der Waals surface area contributed by atoms with E-state index in [1.807, 2.05) is 47.1 Å². The summed E-state index contributed by atoms with van der Waals surface area (Å²) in [6.45, 7) is 5.60. The number of piperidine rings is 1. The maximum Gasteiger partial charge on any atom is 0.262 e. The molecular weight excluding hydrogens is 830 g/mol. The van der Waals surface area contributed by atoms with Gasteiger partial charge < -0.3 is 20.4 Å². The first kappa shape index (κ1) is 43.5. The molecule has 7 heterocycles. The normalized spacial score (nSPS) is 19.0. The Hall–Kier alpha value is -6.75. The molecule has 5 amide bonds. The highest BCUT2D eigenvalue weighted by molar-refractivity contribution is 6.23. The Morgan fingerprint density at radius 1 is 0.769 bits per heavy atom. The Labute approximate surface area is 376 Å². The number of aromatic nitrogens is 4. The highest BCUT2D eigenvalue weighted by Crippen LogP contribution is 2.36. The molecule has 65 heavy (non-hydrogen) atoms. The van der Waals surface area contributed by atoms with Crippen molar-refractivity contribution in [1.29, 1.82) is 0 Å². The molecule has 2 aromatic carbocycles. The number of halogens is 1. The monoisotopic (exact) mass is 883 g/mol. The number of pyridine rings is 1. The number of piperazine rings is 1. The third-order valence-electron chi connectivity index (χ3n) is 12.9. The zero-order valence-corrected chi connectivity index (χ0v) is 36.4. The van der Waals surface area contributed by atoms with Gasteiger partial charge in [0.05, 0.1) is 35.6 Å². The summed E-state index contributed by atoms with van der Waals surface area (Å²) < 4.78 is 15.9. The van der Waals surface area contributed by atoms with E-state index >= 15 is 0 Å². The lowest BCUT2D eigenvalue weighted by molar-refractivity contribution is -0.136. The molecule has 16 nitrogen and oxygen atoms in total. The van der Waals surface area contributed by atoms with E-state index in [9.17, 15) is 28.4 Å². The minimum atomic E-state index is -0.978. The van der Waals surface area contributed by atoms with Gasteiger partial charge in [-0.05, 0) is 92.3 Å². The predicted octanol–water partition coefficient (Wildman–Crippen LogP) is 5.36. The fourth-order valence-electron chi connectivity index (χ4n) is 9.43. The summed E-state index contributed by atoms with van der Waals surface area (Å²) in [7, 11) is 0. The van der Waals surface area contributed by atoms with Gasteiger partial charge in [0.25, 0.3) is 11.8 Å². The molecule has 3 saturated heterocycles. The third kappa shape index (κ3) is 9.70. The number of amides is 5. The minimum absolute atomic E-state index is 0.0432. The molecule has 3 aromatic heterocycles. The van der Waals surface area contributed by atoms with Gasteiger partial charge >= 0.3 is 0 Å². The topological polar surface area (TPSA) is 177 Å². The third-order valence-corrected chi connectivity index (χ3v) is 12.9. The van der Waals surface area contributed by atoms with Crippen LogP contribution in [0.4, 0.5) is 21.7 Å². The molecule has 0 saturated carbocycles. The Balaban J connectivity index is 0.659. The fraction of sp³-hybridized carbons (Fsp3) is 0.417. The lowest BCUT2D eigenvalue weighted by Crippen LogP contribution is -2.54. The van der Waals surface area contributed by atoms with Crippen LogP contribution in [0.1, 0.15) is 96.5 Å². The number of hydrogen-bond donors (Lipinski definition) is 3. The van der Waals surface area contributed by atoms with Crippen molar-refractivity contribution in [1.82, 2.24) is 40.0 Å². The van der Waals surface area contributed by atoms with Crippen molar-refractivity contribution < 1.29 is 28.4 Å². The number of nitrogens with one attached hydrogen (secondary N) is 3. The average molecular weight is 884 g/mol. The van der Waals surface area contributed by atoms with Crippen LogP contribution in [0.25, 0.3) is 17.0 Å². The van der Waals surface area contributed by atoms with Gasteiger partial charge in [0.1, 0.15) is 29.2 Å². The summed E-state index contributed by atoms with van der Waals surface area (Å²) in [6, 6.07) is 20.9. The molecule has 0 spiro atoms. The van der Waals surface area contributed by atoms with Gasteiger partial charge in [-0.1, -0.05) is 43.9 Å². The Kier molecular flexibility index (Phi) is 13.1. The van der Waals surface area contributed by atoms with Crippen molar-refractivity contribution in [3.63, 3.8) is 0 Å². The summed E-state index contributed by atoms with van der Waals surface area (Å²) in [5, 5.41) is 13.7. The van der Waals surface area contributed by atoms with Gasteiger partial charge in [-0.3, -0.25) is 39.1 Å². The van der Waals surface area contributed by atoms with Gasteiger partial charge in [-0.15, -0.1) is 5.10 Å². The molecule has 9 rings (SSSR count). The summed E-state index contributed by atoms with van der Waals surface area (Å²) >= 11 is 0. The van der Waals surface area contributed by atoms with Crippen molar-refractivity contribution >= 4 is 52.5 Å². The van der Waals surface area contributed by atoms with Gasteiger partial charge in [0, 0.05) is 57.9 Å². The molecular formula is C48H54FN11O5. The molecule has 0 radical (unpaired) electrons. The number of unbranched alkanes of at least 4 members (excludes halogenated alkanes) is 5. The number of hydrogen-bond acceptors (Lipinski definition) is 12. The van der Waals surface area contributed by atoms with Gasteiger partial charge in [0.2, 0.25) is 17.7 Å². The number of benzene rings is 2. The van der Waals surface area contributed by atoms with Crippen molar-refractivity contribution in [3.8, 4) is 11.4 Å². The smallest absolute Gasteiger partial charge is 0.262 e. The second kappa shape index (κ2) is 19.6. The second-order valence-corrected chi connectivity index (χ2v) is 17.3. The van der Waals surface area contributed by atoms with Gasteiger partial charge in [-0.2, -0.15) is 0 Å². The summed E-state index contributed by atoms with van der Waals surface area (Å²) in [5.41, 5.74) is 4.52. The fourth-order valence-corrected chi connectivity index (χ4v) is 9.43. The Morgan fingerprint density at radius 3 is 2.37 bits per heavy atom. The van der Waals surface area contributed by atoms with Crippen LogP contribution in [-0.4, -0.2) is 117 Å². The zero-order valence-electron chi connectivity index (χ0n) is 36.4. The Morgan fingerprint density at radius 2 is 1.55 bits per heavy atom. The van der Waals surface area contributed by atoms with Crippen LogP contribution in [0.5, 0.6) is 0 Å². The van der Waals surface area contributed by atoms with E-state index in [1.54, 1.807) is 30.3 Å². The van der Waals surface area contributed by atoms with E-state index in [1.165, 1.54) is 6.07 Å². The van der Waals surface area contributed by atoms with E-state index in [4.69, 9.17) is 10.1 Å². The van der Waals surface area contributed by atoms with E-state index in [-0.39, 0.29) is 41.7 Å². The van der Waals surface area contributed by atoms with Crippen LogP contribution in [0.15, 0.2) is 79.0 Å². The molecule has 338 valence electrons. The maximum atomic E-state index is 14.1. The number of fused-ring (bicyclic) bond motifs is 2. The molecule has 1 unspecified atom stereocenters. The van der Waals surface area contributed by atoms with Crippen molar-refractivity contribution in [2.24, 2.45) is 0 Å². The average Bonchev–Trinajstić information content (AvgIpc) is 4.04. The molecule has 3 N–H and O–H groups in total. The Bertz CT molecular complexity index is 2590. The van der Waals surface area contributed by atoms with Crippen molar-refractivity contribution in [2.75, 3.05) is 67.5 Å². The number of carbonyl (C=O) groups is 5. The molecule has 3 fully saturated rings. The number of rotatable bonds is 17. The molecule has 5 aromatic rings. The SMILES string of the molecule is O=C(CN1CCN(c2cccc(-c3cnc4ccc(N5CCC[C@@H]5c5cccc(F)c5)nn34)n2)CC1)NCCCCCCCCNc1ccc2c(c1)C(=O)N(C1CCC(=O)NC1=O)C2=O. The highest BCUT2D eigenvalue weighted by atomic mass is 19.1. The predicted molar refractivity (Wildman–Crippen MR) is 243 cm³/mol. The summed E-state index contributed by atoms with van der Waals surface area (Å²) in [4.78, 5) is 80.0. The van der Waals surface area contributed by atoms with Gasteiger partial charge in [-0.25, -0.2) is 18.9 Å². The largest absolute Gasteiger partial charge is 0.385 e. The quantitative estimate of drug-likeness (QED) is 0.0806. The second-order valence-electron chi connectivity index (χ2n) is 17.3. The number of imidazole rings is 1. The molecule has 2 atom stereocenters. The van der Waals surface area contributed by atoms with Crippen LogP contribution in [0, 0.1) is 5.82 Å². The number of nitrogens with zero attached hydrogens (tertiary/aromatic N) is 8. The van der Waals surface area contributed by atoms with Crippen LogP contribution in [-0.2, 0) is 14.4 Å². The summed E-state index contributed by atoms with van der Waals surface area (Å²) in [6.07, 6.45) is 10.0. The van der Waals surface area contributed by atoms with Crippen molar-refractivity contribution in [3.05, 3.63) is 102 Å². The van der Waals surface area contributed by atoms with E-state index in [2.05, 4.69) is 35.6 Å². The molecule has 0 aliphatic carbocycles. The number of anilines is 3. The molecule has 0 bridgehead atoms. The van der Waals surface area contributed by atoms with Gasteiger partial charge in [0.15, 0.2) is 5.65 Å². The van der Waals surface area contributed by atoms with Crippen molar-refractivity contribution in [2.45, 2.75) is 76.3 Å². The lowest BCUT2D eigenvalue weighted by Gasteiger charge is -2.35. The van der Waals surface area contributed by atoms with Crippen LogP contribution in [0.2, 0.25) is 0 Å². The molecule has 4 aliphatic rings. The van der Waals surface area contributed by atoms with E-state index in [0.717, 1.165) is 129 Å². The molecule has 4 aliphatic heterocycles. The lowest BCUT2D eigenvalue weighted by atomic mass is 10.0. The standard InChI is InChI=1S/C48H54FN11O5/c49-33-11-7-10-32(28-33)38-13-9-23-58(38)43-19-18-41-52-30-40(60(41)55-43)37-12-8-14-42(53-37)57-26-24-56(25-27-57)31-45(62)51-22-6-4-2-1-3-5-21-50-34-15-16-35-36(29-34)48(65)59(47(35)64)39-17-20-44(61)54-46(39)63/h7-8,10-12,14-16,18-19,28-30,38-39,50H,1-6,9,13,17,20-27,31H2,(H,51,62)(H,54,61,63)/t38-,39?/m1/s1. The molecule has 17 heteroatoms. The van der Waals surface area contributed by atoms with Crippen LogP contribution >= 0.6 is 0 Å². The van der Waals surface area contributed by atoms with Crippen LogP contribution < -0.4 is 25.8 Å². The summed E-state index contributed by atoms with van der Waals surface area (Å²) in [5.74, 6) is -0.541. The number of imide groups is 2. The maximum absolute atomic E-state index is 14.1.